The number of benzene rings is 1. The molecule has 0 amide bonds. The van der Waals surface area contributed by atoms with Gasteiger partial charge in [0.1, 0.15) is 12.8 Å². The molecule has 0 bridgehead atoms. The molecule has 9 nitrogen and oxygen atoms in total. The number of anilines is 1. The van der Waals surface area contributed by atoms with Gasteiger partial charge < -0.3 is 24.9 Å². The fraction of sp³-hybridized carbons (Fsp3) is 0.444. The molecule has 1 aromatic carbocycles. The number of piperazine rings is 1. The van der Waals surface area contributed by atoms with E-state index in [2.05, 4.69) is 58.4 Å². The quantitative estimate of drug-likeness (QED) is 0.322. The van der Waals surface area contributed by atoms with E-state index < -0.39 is 5.78 Å². The molecule has 0 radical (unpaired) electrons. The van der Waals surface area contributed by atoms with Crippen LogP contribution in [-0.4, -0.2) is 74.0 Å². The summed E-state index contributed by atoms with van der Waals surface area (Å²) in [7, 11) is 3.48. The van der Waals surface area contributed by atoms with Crippen LogP contribution in [0.3, 0.4) is 0 Å². The third-order valence-electron chi connectivity index (χ3n) is 6.83. The van der Waals surface area contributed by atoms with Crippen LogP contribution in [0.15, 0.2) is 69.3 Å². The number of nitrogens with zero attached hydrogens (tertiary/aromatic N) is 5. The van der Waals surface area contributed by atoms with Gasteiger partial charge in [0.05, 0.1) is 11.3 Å². The molecule has 1 saturated heterocycles. The third-order valence-corrected chi connectivity index (χ3v) is 6.83. The lowest BCUT2D eigenvalue weighted by Gasteiger charge is -2.34. The van der Waals surface area contributed by atoms with Crippen LogP contribution in [0.4, 0.5) is 5.69 Å². The predicted octanol–water partition coefficient (Wildman–Crippen LogP) is 3.69. The second kappa shape index (κ2) is 11.4. The lowest BCUT2D eigenvalue weighted by Crippen LogP contribution is -2.44. The average molecular weight is 491 g/mol. The Hall–Kier alpha value is -3.59. The van der Waals surface area contributed by atoms with Crippen molar-refractivity contribution in [3.8, 4) is 0 Å². The zero-order valence-corrected chi connectivity index (χ0v) is 21.3. The summed E-state index contributed by atoms with van der Waals surface area (Å²) < 4.78 is 0. The largest absolute Gasteiger partial charge is 0.383 e. The van der Waals surface area contributed by atoms with Gasteiger partial charge in [-0.1, -0.05) is 31.6 Å². The SMILES string of the molecule is CCCCN(Cc1ccc(N2CCN(C)CC2)cc1)C1=C(N=NOC)C(=O)C2=C(CC=CC2=N)C1=O. The van der Waals surface area contributed by atoms with Crippen molar-refractivity contribution < 1.29 is 14.4 Å². The molecule has 1 N–H and O–H groups in total. The number of carbonyl (C=O) groups is 2. The Morgan fingerprint density at radius 2 is 1.81 bits per heavy atom. The Balaban J connectivity index is 1.65. The molecule has 0 spiro atoms. The lowest BCUT2D eigenvalue weighted by molar-refractivity contribution is -0.117. The topological polar surface area (TPSA) is 102 Å². The maximum absolute atomic E-state index is 13.7. The number of unbranched alkanes of at least 4 members (excludes halogenated alkanes) is 1. The Kier molecular flexibility index (Phi) is 8.10. The Labute approximate surface area is 212 Å². The highest BCUT2D eigenvalue weighted by Gasteiger charge is 2.39. The molecule has 1 heterocycles. The van der Waals surface area contributed by atoms with Gasteiger partial charge in [-0.15, -0.1) is 5.11 Å². The second-order valence-corrected chi connectivity index (χ2v) is 9.33. The van der Waals surface area contributed by atoms with Gasteiger partial charge in [0, 0.05) is 55.8 Å². The van der Waals surface area contributed by atoms with Crippen LogP contribution in [0.1, 0.15) is 31.7 Å². The number of allylic oxidation sites excluding steroid dienone is 4. The summed E-state index contributed by atoms with van der Waals surface area (Å²) in [6.45, 7) is 7.21. The summed E-state index contributed by atoms with van der Waals surface area (Å²) in [6.07, 6.45) is 5.41. The summed E-state index contributed by atoms with van der Waals surface area (Å²) in [6, 6.07) is 8.42. The Morgan fingerprint density at radius 3 is 2.47 bits per heavy atom. The highest BCUT2D eigenvalue weighted by Crippen LogP contribution is 2.34. The molecule has 0 saturated carbocycles. The van der Waals surface area contributed by atoms with Gasteiger partial charge in [0.15, 0.2) is 5.70 Å². The van der Waals surface area contributed by atoms with E-state index in [4.69, 9.17) is 10.2 Å². The van der Waals surface area contributed by atoms with Gasteiger partial charge in [-0.05, 0) is 43.7 Å². The molecular formula is C27H34N6O3. The molecule has 190 valence electrons. The third kappa shape index (κ3) is 5.31. The van der Waals surface area contributed by atoms with Crippen molar-refractivity contribution in [1.29, 1.82) is 5.41 Å². The molecule has 2 aliphatic carbocycles. The molecule has 9 heteroatoms. The van der Waals surface area contributed by atoms with E-state index in [0.717, 1.165) is 44.6 Å². The fourth-order valence-electron chi connectivity index (χ4n) is 4.77. The highest BCUT2D eigenvalue weighted by atomic mass is 16.6. The lowest BCUT2D eigenvalue weighted by atomic mass is 9.82. The molecule has 1 fully saturated rings. The normalized spacial score (nSPS) is 19.0. The number of likely N-dealkylation sites (N-methyl/N-ethyl adjacent to an activating group) is 1. The van der Waals surface area contributed by atoms with E-state index in [0.29, 0.717) is 25.1 Å². The van der Waals surface area contributed by atoms with Gasteiger partial charge in [-0.25, -0.2) is 0 Å². The number of ketones is 2. The monoisotopic (exact) mass is 490 g/mol. The van der Waals surface area contributed by atoms with E-state index in [1.165, 1.54) is 12.8 Å². The molecule has 4 rings (SSSR count). The van der Waals surface area contributed by atoms with E-state index >= 15 is 0 Å². The number of carbonyl (C=O) groups excluding carboxylic acids is 2. The van der Waals surface area contributed by atoms with Crippen molar-refractivity contribution >= 4 is 23.0 Å². The molecule has 3 aliphatic rings. The van der Waals surface area contributed by atoms with Gasteiger partial charge in [0.25, 0.3) is 0 Å². The highest BCUT2D eigenvalue weighted by molar-refractivity contribution is 6.38. The van der Waals surface area contributed by atoms with Crippen molar-refractivity contribution in [3.05, 3.63) is 64.5 Å². The minimum absolute atomic E-state index is 0.0263. The first-order valence-electron chi connectivity index (χ1n) is 12.5. The van der Waals surface area contributed by atoms with Crippen LogP contribution >= 0.6 is 0 Å². The van der Waals surface area contributed by atoms with E-state index in [1.54, 1.807) is 12.2 Å². The molecule has 0 atom stereocenters. The van der Waals surface area contributed by atoms with E-state index in [1.807, 2.05) is 4.90 Å². The van der Waals surface area contributed by atoms with Crippen LogP contribution in [0, 0.1) is 5.41 Å². The molecular weight excluding hydrogens is 456 g/mol. The summed E-state index contributed by atoms with van der Waals surface area (Å²) in [4.78, 5) is 38.5. The fourth-order valence-corrected chi connectivity index (χ4v) is 4.77. The van der Waals surface area contributed by atoms with Crippen molar-refractivity contribution in [2.75, 3.05) is 51.8 Å². The summed E-state index contributed by atoms with van der Waals surface area (Å²) in [5.41, 5.74) is 2.89. The number of nitrogens with one attached hydrogen (secondary N) is 1. The Bertz CT molecular complexity index is 1140. The maximum atomic E-state index is 13.7. The summed E-state index contributed by atoms with van der Waals surface area (Å²) >= 11 is 0. The number of rotatable bonds is 9. The maximum Gasteiger partial charge on any atom is 0.218 e. The zero-order chi connectivity index (χ0) is 25.7. The standard InChI is InChI=1S/C27H34N6O3/c1-4-5-13-33(18-19-9-11-20(12-10-19)32-16-14-31(2)15-17-32)25-24(29-30-36-3)27(35)23-21(26(25)34)7-6-8-22(23)28/h6,8-12,28H,4-5,7,13-18H2,1-3H3. The second-order valence-electron chi connectivity index (χ2n) is 9.33. The molecule has 1 aliphatic heterocycles. The van der Waals surface area contributed by atoms with Crippen molar-refractivity contribution in [2.45, 2.75) is 32.7 Å². The molecule has 0 unspecified atom stereocenters. The first-order valence-corrected chi connectivity index (χ1v) is 12.5. The van der Waals surface area contributed by atoms with Gasteiger partial charge in [-0.3, -0.25) is 9.59 Å². The molecule has 1 aromatic rings. The van der Waals surface area contributed by atoms with Crippen LogP contribution < -0.4 is 4.90 Å². The average Bonchev–Trinajstić information content (AvgIpc) is 2.89. The minimum Gasteiger partial charge on any atom is -0.383 e. The van der Waals surface area contributed by atoms with Crippen LogP contribution in [-0.2, 0) is 21.0 Å². The first kappa shape index (κ1) is 25.5. The first-order chi connectivity index (χ1) is 17.4. The minimum atomic E-state index is -0.457. The molecule has 0 aromatic heterocycles. The summed E-state index contributed by atoms with van der Waals surface area (Å²) in [5.74, 6) is -0.726. The number of Topliss-reactive ketones (excluding diaryl/α,β-unsaturated/α-hetero) is 2. The van der Waals surface area contributed by atoms with Gasteiger partial charge >= 0.3 is 0 Å². The van der Waals surface area contributed by atoms with Gasteiger partial charge in [0.2, 0.25) is 11.6 Å². The van der Waals surface area contributed by atoms with Crippen LogP contribution in [0.25, 0.3) is 0 Å². The van der Waals surface area contributed by atoms with Crippen LogP contribution in [0.2, 0.25) is 0 Å². The van der Waals surface area contributed by atoms with Crippen molar-refractivity contribution in [1.82, 2.24) is 9.80 Å². The van der Waals surface area contributed by atoms with Crippen LogP contribution in [0.5, 0.6) is 0 Å². The number of hydrogen-bond acceptors (Lipinski definition) is 9. The predicted molar refractivity (Wildman–Crippen MR) is 139 cm³/mol. The molecule has 36 heavy (non-hydrogen) atoms. The van der Waals surface area contributed by atoms with Gasteiger partial charge in [-0.2, -0.15) is 0 Å². The van der Waals surface area contributed by atoms with E-state index in [-0.39, 0.29) is 28.5 Å². The smallest absolute Gasteiger partial charge is 0.218 e. The van der Waals surface area contributed by atoms with Crippen molar-refractivity contribution in [2.24, 2.45) is 10.4 Å². The zero-order valence-electron chi connectivity index (χ0n) is 21.3. The summed E-state index contributed by atoms with van der Waals surface area (Å²) in [5, 5.41) is 15.8. The Morgan fingerprint density at radius 1 is 1.08 bits per heavy atom. The van der Waals surface area contributed by atoms with E-state index in [9.17, 15) is 9.59 Å². The number of hydrogen-bond donors (Lipinski definition) is 1. The van der Waals surface area contributed by atoms with Crippen molar-refractivity contribution in [3.63, 3.8) is 0 Å².